The summed E-state index contributed by atoms with van der Waals surface area (Å²) in [5.74, 6) is 0. The molecule has 1 spiro atoms. The molecule has 6 aliphatic heterocycles. The Balaban J connectivity index is 2.09. The molecule has 6 saturated heterocycles. The Hall–Kier alpha value is 3.47. The zero-order valence-electron chi connectivity index (χ0n) is 17.1. The third-order valence-electron chi connectivity index (χ3n) is 2.96. The number of fused-ring (bicyclic) bond motifs is 2. The van der Waals surface area contributed by atoms with Crippen LogP contribution in [0.3, 0.4) is 0 Å². The summed E-state index contributed by atoms with van der Waals surface area (Å²) in [6, 6.07) is 0. The molecule has 0 radical (unpaired) electrons. The summed E-state index contributed by atoms with van der Waals surface area (Å²) in [7, 11) is 0. The first-order chi connectivity index (χ1) is 16.7. The summed E-state index contributed by atoms with van der Waals surface area (Å²) in [5.41, 5.74) is 0. The fourth-order valence-corrected chi connectivity index (χ4v) is 148. The van der Waals surface area contributed by atoms with Gasteiger partial charge in [0.15, 0.2) is 0 Å². The van der Waals surface area contributed by atoms with Gasteiger partial charge in [-0.2, -0.15) is 0 Å². The van der Waals surface area contributed by atoms with Crippen LogP contribution in [0.25, 0.3) is 0 Å². The predicted molar refractivity (Wildman–Crippen MR) is 42.5 cm³/mol. The standard InChI is InChI=1S/9Mo.10H2O.22O/h;;;;;;;;;10*1H2;;;;;;;;;;;;;;;;;;;;;;/q;6*+1;2*+2;;;;;;;;;;;;;;;;;;;;;;;;;;;;;;;;/p-10. The third-order valence-corrected chi connectivity index (χ3v) is 104. The van der Waals surface area contributed by atoms with Crippen molar-refractivity contribution in [3.8, 4) is 0 Å². The molecule has 10 N–H and O–H groups in total. The Bertz CT molecular complexity index is 1960. The second-order valence-corrected chi connectivity index (χ2v) is 68.7. The quantitative estimate of drug-likeness (QED) is 0.101. The van der Waals surface area contributed by atoms with E-state index < -0.39 is 147 Å². The van der Waals surface area contributed by atoms with E-state index in [-0.39, 0.29) is 0 Å². The summed E-state index contributed by atoms with van der Waals surface area (Å²) in [6.45, 7) is 0. The Morgan fingerprint density at radius 2 is 0.415 bits per heavy atom. The van der Waals surface area contributed by atoms with Gasteiger partial charge in [0.25, 0.3) is 0 Å². The van der Waals surface area contributed by atoms with Gasteiger partial charge in [-0.3, -0.25) is 0 Å². The minimum absolute atomic E-state index is 3.16. The number of rotatable bonds is 0. The van der Waals surface area contributed by atoms with Crippen molar-refractivity contribution in [3.63, 3.8) is 0 Å². The molecule has 32 nitrogen and oxygen atoms in total. The van der Waals surface area contributed by atoms with Crippen molar-refractivity contribution in [2.45, 2.75) is 0 Å². The minimum atomic E-state index is -10.5. The molecule has 256 valence electrons. The fourth-order valence-electron chi connectivity index (χ4n) is 2.77. The Kier molecular flexibility index (Phi) is 6.04. The molecule has 0 atom stereocenters. The summed E-state index contributed by atoms with van der Waals surface area (Å²) in [6.07, 6.45) is 0. The molecule has 7 bridgehead atoms. The van der Waals surface area contributed by atoms with Gasteiger partial charge in [0, 0.05) is 0 Å². The molecule has 6 heterocycles. The van der Waals surface area contributed by atoms with Crippen molar-refractivity contribution in [2.75, 3.05) is 0 Å². The predicted octanol–water partition coefficient (Wildman–Crippen LogP) is -7.55. The van der Waals surface area contributed by atoms with Crippen molar-refractivity contribution in [1.82, 2.24) is 0 Å². The summed E-state index contributed by atoms with van der Waals surface area (Å²) < 4.78 is 264. The van der Waals surface area contributed by atoms with Crippen LogP contribution in [0.15, 0.2) is 0 Å². The van der Waals surface area contributed by atoms with Gasteiger partial charge in [-0.25, -0.2) is 0 Å². The molecule has 0 aromatic heterocycles. The first kappa shape index (κ1) is 35.8. The molecule has 0 amide bonds. The molecule has 6 aliphatic rings. The topological polar surface area (TPSA) is 476 Å². The summed E-state index contributed by atoms with van der Waals surface area (Å²) in [5, 5.41) is 0. The Morgan fingerprint density at radius 1 is 0.244 bits per heavy atom. The molecule has 0 unspecified atom stereocenters. The molecule has 6 fully saturated rings. The average Bonchev–Trinajstić information content (AvgIpc) is 2.18. The van der Waals surface area contributed by atoms with Crippen LogP contribution >= 0.6 is 0 Å². The van der Waals surface area contributed by atoms with Crippen molar-refractivity contribution >= 4 is 0 Å². The van der Waals surface area contributed by atoms with Crippen molar-refractivity contribution in [1.29, 1.82) is 0 Å². The molecular formula is H10Mo9O32. The van der Waals surface area contributed by atoms with Crippen LogP contribution in [0.1, 0.15) is 0 Å². The van der Waals surface area contributed by atoms with E-state index in [1.165, 1.54) is 0 Å². The monoisotopic (exact) mass is 1400 g/mol. The SMILES string of the molecule is [O]=[Mo]1([OH])([OH])[O][Mo]2(=[O])([OH])[O][Mo]3(=[O])([OH])[O][Mo](=[O])([OH])([O]2)[O][Mo]2(=[O])([OH])[O][Mo](=[O])([OH])([O]3)[O][Mo]3(=[O])([O][Mo](=[O])([OH])([OH])[O][Mo](=[O])([OH])([O]1)[O]3)[O]2. The van der Waals surface area contributed by atoms with Crippen LogP contribution in [-0.2, 0) is 204 Å². The Morgan fingerprint density at radius 3 is 0.683 bits per heavy atom. The van der Waals surface area contributed by atoms with Crippen LogP contribution < -0.4 is 0 Å². The number of hydrogen-bond acceptors (Lipinski definition) is 22. The number of hydrogen-bond donors (Lipinski definition) is 10. The van der Waals surface area contributed by atoms with Crippen molar-refractivity contribution in [3.05, 3.63) is 0 Å². The van der Waals surface area contributed by atoms with Gasteiger partial charge < -0.3 is 0 Å². The van der Waals surface area contributed by atoms with Gasteiger partial charge >= 0.3 is 241 Å². The van der Waals surface area contributed by atoms with E-state index >= 15 is 0 Å². The first-order valence-electron chi connectivity index (χ1n) is 7.66. The molecule has 0 aliphatic carbocycles. The van der Waals surface area contributed by atoms with Gasteiger partial charge in [0.1, 0.15) is 0 Å². The van der Waals surface area contributed by atoms with E-state index in [1.54, 1.807) is 0 Å². The van der Waals surface area contributed by atoms with Gasteiger partial charge in [-0.05, 0) is 0 Å². The van der Waals surface area contributed by atoms with E-state index in [0.29, 0.717) is 0 Å². The average molecular weight is 1390 g/mol. The molecule has 0 aromatic carbocycles. The van der Waals surface area contributed by atoms with E-state index in [4.69, 9.17) is 0 Å². The molecule has 41 heteroatoms. The van der Waals surface area contributed by atoms with E-state index in [9.17, 15) is 68.2 Å². The van der Waals surface area contributed by atoms with E-state index in [2.05, 4.69) is 26.6 Å². The van der Waals surface area contributed by atoms with E-state index in [1.807, 2.05) is 0 Å². The molecule has 41 heavy (non-hydrogen) atoms. The first-order valence-corrected chi connectivity index (χ1v) is 45.3. The van der Waals surface area contributed by atoms with Crippen LogP contribution in [-0.4, -0.2) is 37.6 Å². The van der Waals surface area contributed by atoms with Crippen LogP contribution in [0.2, 0.25) is 0 Å². The van der Waals surface area contributed by atoms with Crippen LogP contribution in [0.5, 0.6) is 0 Å². The molecule has 0 aromatic rings. The van der Waals surface area contributed by atoms with E-state index in [0.717, 1.165) is 0 Å². The zero-order valence-corrected chi connectivity index (χ0v) is 35.2. The van der Waals surface area contributed by atoms with Crippen molar-refractivity contribution < 1.29 is 241 Å². The molecule has 6 rings (SSSR count). The van der Waals surface area contributed by atoms with Crippen molar-refractivity contribution in [2.24, 2.45) is 0 Å². The second kappa shape index (κ2) is 6.92. The molecule has 0 saturated carbocycles. The third kappa shape index (κ3) is 6.47. The molecular weight excluding hydrogens is 1380 g/mol. The van der Waals surface area contributed by atoms with Gasteiger partial charge in [-0.15, -0.1) is 0 Å². The summed E-state index contributed by atoms with van der Waals surface area (Å²) >= 11 is -91.8. The van der Waals surface area contributed by atoms with Gasteiger partial charge in [-0.1, -0.05) is 0 Å². The summed E-state index contributed by atoms with van der Waals surface area (Å²) in [4.78, 5) is 0. The Labute approximate surface area is 237 Å². The zero-order chi connectivity index (χ0) is 32.2. The fraction of sp³-hybridized carbons (Fsp3) is 0. The second-order valence-electron chi connectivity index (χ2n) is 7.27. The maximum absolute atomic E-state index is 13.8. The van der Waals surface area contributed by atoms with Gasteiger partial charge in [0.05, 0.1) is 0 Å². The van der Waals surface area contributed by atoms with Crippen LogP contribution in [0.4, 0.5) is 0 Å². The normalized spacial score (nSPS) is 52.7. The van der Waals surface area contributed by atoms with Gasteiger partial charge in [0.2, 0.25) is 0 Å². The van der Waals surface area contributed by atoms with Crippen LogP contribution in [0, 0.1) is 0 Å². The maximum atomic E-state index is 13.8.